The smallest absolute Gasteiger partial charge is 0.249 e. The van der Waals surface area contributed by atoms with E-state index in [-0.39, 0.29) is 37.3 Å². The van der Waals surface area contributed by atoms with E-state index in [1.165, 1.54) is 29.9 Å². The highest BCUT2D eigenvalue weighted by atomic mass is 35.5. The number of carbonyl (C=O) groups is 2. The molecule has 1 unspecified atom stereocenters. The molecule has 11 heteroatoms. The summed E-state index contributed by atoms with van der Waals surface area (Å²) in [4.78, 5) is 39.8. The van der Waals surface area contributed by atoms with Crippen LogP contribution in [0.1, 0.15) is 37.4 Å². The van der Waals surface area contributed by atoms with Crippen molar-refractivity contribution in [1.29, 1.82) is 0 Å². The summed E-state index contributed by atoms with van der Waals surface area (Å²) in [5.41, 5.74) is 1.34. The molecule has 3 aromatic rings. The van der Waals surface area contributed by atoms with E-state index in [1.807, 2.05) is 0 Å². The summed E-state index contributed by atoms with van der Waals surface area (Å²) in [6.45, 7) is 0. The van der Waals surface area contributed by atoms with Crippen LogP contribution in [-0.4, -0.2) is 44.6 Å². The summed E-state index contributed by atoms with van der Waals surface area (Å²) in [7, 11) is 0. The Kier molecular flexibility index (Phi) is 7.16. The van der Waals surface area contributed by atoms with Gasteiger partial charge < -0.3 is 9.73 Å². The predicted molar refractivity (Wildman–Crippen MR) is 120 cm³/mol. The maximum absolute atomic E-state index is 13.6. The van der Waals surface area contributed by atoms with Gasteiger partial charge in [0, 0.05) is 42.5 Å². The molecule has 0 radical (unpaired) electrons. The van der Waals surface area contributed by atoms with E-state index in [0.29, 0.717) is 11.4 Å². The van der Waals surface area contributed by atoms with Gasteiger partial charge in [-0.25, -0.2) is 13.8 Å². The van der Waals surface area contributed by atoms with Crippen LogP contribution in [0, 0.1) is 0 Å². The number of aromatic nitrogens is 3. The van der Waals surface area contributed by atoms with Crippen molar-refractivity contribution in [1.82, 2.24) is 20.3 Å². The number of nitrogens with one attached hydrogen (secondary N) is 1. The van der Waals surface area contributed by atoms with E-state index in [9.17, 15) is 18.4 Å². The van der Waals surface area contributed by atoms with Gasteiger partial charge in [-0.2, -0.15) is 0 Å². The first kappa shape index (κ1) is 23.7. The van der Waals surface area contributed by atoms with Crippen molar-refractivity contribution in [2.45, 2.75) is 43.7 Å². The number of halogens is 3. The van der Waals surface area contributed by atoms with Gasteiger partial charge in [0.2, 0.25) is 17.7 Å². The van der Waals surface area contributed by atoms with Gasteiger partial charge in [0.15, 0.2) is 18.2 Å². The van der Waals surface area contributed by atoms with E-state index in [2.05, 4.69) is 20.3 Å². The number of rotatable bonds is 7. The minimum absolute atomic E-state index is 0.140. The molecule has 1 aromatic carbocycles. The highest BCUT2D eigenvalue weighted by molar-refractivity contribution is 6.29. The number of nitrogens with zero attached hydrogens (tertiary/aromatic N) is 4. The van der Waals surface area contributed by atoms with Crippen LogP contribution < -0.4 is 10.2 Å². The first-order chi connectivity index (χ1) is 16.4. The Morgan fingerprint density at radius 1 is 1.15 bits per heavy atom. The maximum atomic E-state index is 13.6. The highest BCUT2D eigenvalue weighted by Gasteiger charge is 2.38. The highest BCUT2D eigenvalue weighted by Crippen LogP contribution is 2.34. The van der Waals surface area contributed by atoms with Gasteiger partial charge in [-0.1, -0.05) is 0 Å². The zero-order valence-corrected chi connectivity index (χ0v) is 18.8. The number of alkyl halides is 3. The molecule has 34 heavy (non-hydrogen) atoms. The Bertz CT molecular complexity index is 1100. The molecular formula is C23H22ClF2N5O3. The molecule has 0 aliphatic heterocycles. The van der Waals surface area contributed by atoms with E-state index in [1.54, 1.807) is 30.5 Å². The zero-order chi connectivity index (χ0) is 24.1. The third-order valence-corrected chi connectivity index (χ3v) is 5.91. The van der Waals surface area contributed by atoms with Crippen molar-refractivity contribution < 1.29 is 22.8 Å². The zero-order valence-electron chi connectivity index (χ0n) is 18.0. The molecule has 1 N–H and O–H groups in total. The summed E-state index contributed by atoms with van der Waals surface area (Å²) < 4.78 is 32.4. The number of benzene rings is 1. The summed E-state index contributed by atoms with van der Waals surface area (Å²) in [5, 5.41) is 2.82. The number of anilines is 1. The molecule has 1 aliphatic rings. The van der Waals surface area contributed by atoms with Crippen LogP contribution in [0.15, 0.2) is 59.9 Å². The van der Waals surface area contributed by atoms with Crippen LogP contribution in [0.25, 0.3) is 11.3 Å². The van der Waals surface area contributed by atoms with E-state index >= 15 is 0 Å². The number of oxazole rings is 1. The van der Waals surface area contributed by atoms with Crippen LogP contribution in [0.5, 0.6) is 0 Å². The lowest BCUT2D eigenvalue weighted by molar-refractivity contribution is -0.127. The first-order valence-corrected chi connectivity index (χ1v) is 11.2. The van der Waals surface area contributed by atoms with Gasteiger partial charge >= 0.3 is 0 Å². The summed E-state index contributed by atoms with van der Waals surface area (Å²) in [6, 6.07) is 5.12. The Morgan fingerprint density at radius 2 is 1.88 bits per heavy atom. The number of hydrogen-bond acceptors (Lipinski definition) is 6. The maximum Gasteiger partial charge on any atom is 0.249 e. The molecule has 2 aromatic heterocycles. The first-order valence-electron chi connectivity index (χ1n) is 10.7. The second kappa shape index (κ2) is 10.3. The SMILES string of the molecule is O=C(NC1CCC(F)(F)CC1)C(c1cnccn1)N(C(=O)CCl)c1ccc(-c2cnco2)cc1. The molecule has 1 atom stereocenters. The number of hydrogen-bond donors (Lipinski definition) is 1. The second-order valence-electron chi connectivity index (χ2n) is 7.98. The monoisotopic (exact) mass is 489 g/mol. The third kappa shape index (κ3) is 5.39. The van der Waals surface area contributed by atoms with Crippen molar-refractivity contribution >= 4 is 29.1 Å². The average molecular weight is 490 g/mol. The fraction of sp³-hybridized carbons (Fsp3) is 0.348. The van der Waals surface area contributed by atoms with Crippen LogP contribution in [0.3, 0.4) is 0 Å². The number of amides is 2. The van der Waals surface area contributed by atoms with Crippen LogP contribution in [0.4, 0.5) is 14.5 Å². The lowest BCUT2D eigenvalue weighted by Crippen LogP contribution is -2.49. The molecule has 2 amide bonds. The van der Waals surface area contributed by atoms with Crippen LogP contribution in [0.2, 0.25) is 0 Å². The molecule has 2 heterocycles. The quantitative estimate of drug-likeness (QED) is 0.500. The summed E-state index contributed by atoms with van der Waals surface area (Å²) in [5.74, 6) is -3.65. The van der Waals surface area contributed by atoms with E-state index < -0.39 is 29.8 Å². The predicted octanol–water partition coefficient (Wildman–Crippen LogP) is 4.14. The molecule has 0 saturated heterocycles. The van der Waals surface area contributed by atoms with Crippen molar-refractivity contribution in [3.8, 4) is 11.3 Å². The van der Waals surface area contributed by atoms with Crippen molar-refractivity contribution in [2.75, 3.05) is 10.8 Å². The van der Waals surface area contributed by atoms with Crippen molar-refractivity contribution in [3.63, 3.8) is 0 Å². The molecule has 178 valence electrons. The molecule has 4 rings (SSSR count). The summed E-state index contributed by atoms with van der Waals surface area (Å²) in [6.07, 6.45) is 6.78. The van der Waals surface area contributed by atoms with Crippen molar-refractivity contribution in [3.05, 3.63) is 61.1 Å². The normalized spacial score (nSPS) is 16.6. The molecular weight excluding hydrogens is 468 g/mol. The lowest BCUT2D eigenvalue weighted by Gasteiger charge is -2.33. The van der Waals surface area contributed by atoms with E-state index in [0.717, 1.165) is 5.56 Å². The molecule has 1 fully saturated rings. The molecule has 1 aliphatic carbocycles. The fourth-order valence-corrected chi connectivity index (χ4v) is 4.08. The standard InChI is InChI=1S/C23H22ClF2N5O3/c24-11-20(32)31(17-3-1-15(2-4-17)19-13-28-14-34-19)21(18-12-27-9-10-29-18)22(33)30-16-5-7-23(25,26)8-6-16/h1-4,9-10,12-14,16,21H,5-8,11H2,(H,30,33). The summed E-state index contributed by atoms with van der Waals surface area (Å²) >= 11 is 5.90. The minimum Gasteiger partial charge on any atom is -0.444 e. The number of carbonyl (C=O) groups excluding carboxylic acids is 2. The molecule has 0 spiro atoms. The molecule has 1 saturated carbocycles. The topological polar surface area (TPSA) is 101 Å². The average Bonchev–Trinajstić information content (AvgIpc) is 3.39. The Labute approximate surface area is 199 Å². The van der Waals surface area contributed by atoms with Crippen molar-refractivity contribution in [2.24, 2.45) is 0 Å². The Hall–Kier alpha value is -3.40. The fourth-order valence-electron chi connectivity index (χ4n) is 3.95. The molecule has 0 bridgehead atoms. The van der Waals surface area contributed by atoms with Crippen LogP contribution in [-0.2, 0) is 9.59 Å². The minimum atomic E-state index is -2.72. The second-order valence-corrected chi connectivity index (χ2v) is 8.25. The van der Waals surface area contributed by atoms with Gasteiger partial charge in [0.25, 0.3) is 0 Å². The van der Waals surface area contributed by atoms with Gasteiger partial charge in [0.05, 0.1) is 18.1 Å². The third-order valence-electron chi connectivity index (χ3n) is 5.68. The van der Waals surface area contributed by atoms with Gasteiger partial charge in [-0.3, -0.25) is 24.5 Å². The largest absolute Gasteiger partial charge is 0.444 e. The van der Waals surface area contributed by atoms with Gasteiger partial charge in [-0.05, 0) is 37.1 Å². The van der Waals surface area contributed by atoms with Gasteiger partial charge in [0.1, 0.15) is 5.88 Å². The van der Waals surface area contributed by atoms with Crippen LogP contribution >= 0.6 is 11.6 Å². The molecule has 8 nitrogen and oxygen atoms in total. The van der Waals surface area contributed by atoms with Gasteiger partial charge in [-0.15, -0.1) is 11.6 Å². The Morgan fingerprint density at radius 3 is 2.47 bits per heavy atom. The lowest BCUT2D eigenvalue weighted by atomic mass is 9.92. The Balaban J connectivity index is 1.65. The van der Waals surface area contributed by atoms with E-state index in [4.69, 9.17) is 16.0 Å².